The molecule has 3 rings (SSSR count). The fourth-order valence-electron chi connectivity index (χ4n) is 3.02. The first-order valence-electron chi connectivity index (χ1n) is 7.69. The molecule has 2 aliphatic heterocycles. The Balaban J connectivity index is 1.81. The van der Waals surface area contributed by atoms with Crippen molar-refractivity contribution < 1.29 is 14.2 Å². The van der Waals surface area contributed by atoms with Gasteiger partial charge in [0.1, 0.15) is 0 Å². The second-order valence-electron chi connectivity index (χ2n) is 5.69. The Morgan fingerprint density at radius 3 is 2.76 bits per heavy atom. The quantitative estimate of drug-likeness (QED) is 0.913. The smallest absolute Gasteiger partial charge is 0.161 e. The summed E-state index contributed by atoms with van der Waals surface area (Å²) in [5.41, 5.74) is 7.20. The second kappa shape index (κ2) is 6.64. The lowest BCUT2D eigenvalue weighted by Gasteiger charge is -2.32. The third-order valence-corrected chi connectivity index (χ3v) is 4.35. The van der Waals surface area contributed by atoms with Crippen molar-refractivity contribution in [2.24, 2.45) is 5.73 Å². The van der Waals surface area contributed by atoms with E-state index in [4.69, 9.17) is 19.9 Å². The summed E-state index contributed by atoms with van der Waals surface area (Å²) >= 11 is 0. The van der Waals surface area contributed by atoms with Crippen LogP contribution >= 0.6 is 0 Å². The van der Waals surface area contributed by atoms with Gasteiger partial charge in [-0.2, -0.15) is 0 Å². The molecule has 21 heavy (non-hydrogen) atoms. The zero-order chi connectivity index (χ0) is 14.7. The van der Waals surface area contributed by atoms with Crippen molar-refractivity contribution in [3.8, 4) is 11.5 Å². The normalized spacial score (nSPS) is 23.1. The molecule has 5 heteroatoms. The third kappa shape index (κ3) is 3.15. The summed E-state index contributed by atoms with van der Waals surface area (Å²) in [6.07, 6.45) is 1.99. The molecule has 0 amide bonds. The molecule has 2 aliphatic rings. The van der Waals surface area contributed by atoms with E-state index in [1.165, 1.54) is 5.56 Å². The van der Waals surface area contributed by atoms with Gasteiger partial charge in [0.15, 0.2) is 11.5 Å². The Labute approximate surface area is 126 Å². The van der Waals surface area contributed by atoms with Crippen LogP contribution in [0.2, 0.25) is 0 Å². The average molecular weight is 292 g/mol. The van der Waals surface area contributed by atoms with Crippen molar-refractivity contribution in [1.29, 1.82) is 0 Å². The van der Waals surface area contributed by atoms with Gasteiger partial charge in [0.25, 0.3) is 0 Å². The van der Waals surface area contributed by atoms with Crippen LogP contribution < -0.4 is 15.2 Å². The molecule has 0 aliphatic carbocycles. The Morgan fingerprint density at radius 1 is 1.24 bits per heavy atom. The van der Waals surface area contributed by atoms with E-state index in [1.54, 1.807) is 0 Å². The van der Waals surface area contributed by atoms with Crippen LogP contribution in [0, 0.1) is 0 Å². The van der Waals surface area contributed by atoms with Crippen molar-refractivity contribution in [3.05, 3.63) is 23.8 Å². The van der Waals surface area contributed by atoms with E-state index in [0.29, 0.717) is 25.8 Å². The van der Waals surface area contributed by atoms with Gasteiger partial charge in [-0.05, 0) is 31.2 Å². The first-order chi connectivity index (χ1) is 10.3. The lowest BCUT2D eigenvalue weighted by Crippen LogP contribution is -2.38. The summed E-state index contributed by atoms with van der Waals surface area (Å²) in [4.78, 5) is 2.33. The number of rotatable bonds is 4. The summed E-state index contributed by atoms with van der Waals surface area (Å²) in [7, 11) is 2.12. The van der Waals surface area contributed by atoms with E-state index in [0.717, 1.165) is 37.6 Å². The van der Waals surface area contributed by atoms with Gasteiger partial charge >= 0.3 is 0 Å². The van der Waals surface area contributed by atoms with Gasteiger partial charge in [0.05, 0.1) is 19.8 Å². The van der Waals surface area contributed by atoms with Crippen LogP contribution in [0.4, 0.5) is 0 Å². The highest BCUT2D eigenvalue weighted by molar-refractivity contribution is 5.44. The van der Waals surface area contributed by atoms with Crippen LogP contribution in [0.15, 0.2) is 18.2 Å². The largest absolute Gasteiger partial charge is 0.490 e. The second-order valence-corrected chi connectivity index (χ2v) is 5.69. The van der Waals surface area contributed by atoms with Gasteiger partial charge in [0.2, 0.25) is 0 Å². The highest BCUT2D eigenvalue weighted by Crippen LogP contribution is 2.34. The van der Waals surface area contributed by atoms with Crippen LogP contribution in [-0.4, -0.2) is 51.0 Å². The zero-order valence-electron chi connectivity index (χ0n) is 12.6. The molecule has 0 saturated carbocycles. The molecule has 5 nitrogen and oxygen atoms in total. The third-order valence-electron chi connectivity index (χ3n) is 4.35. The molecule has 0 spiro atoms. The van der Waals surface area contributed by atoms with Gasteiger partial charge in [0, 0.05) is 31.7 Å². The van der Waals surface area contributed by atoms with E-state index in [-0.39, 0.29) is 6.04 Å². The maximum absolute atomic E-state index is 6.03. The van der Waals surface area contributed by atoms with Crippen LogP contribution in [0.25, 0.3) is 0 Å². The summed E-state index contributed by atoms with van der Waals surface area (Å²) in [5, 5.41) is 0. The van der Waals surface area contributed by atoms with Crippen LogP contribution in [0.1, 0.15) is 24.4 Å². The Hall–Kier alpha value is -1.30. The van der Waals surface area contributed by atoms with Crippen molar-refractivity contribution in [3.63, 3.8) is 0 Å². The SMILES string of the molecule is CN(C1CCOC1)C(CN)c1ccc2c(c1)OCCCO2. The summed E-state index contributed by atoms with van der Waals surface area (Å²) < 4.78 is 17.0. The minimum atomic E-state index is 0.175. The first kappa shape index (κ1) is 14.6. The standard InChI is InChI=1S/C16H24N2O3/c1-18(13-5-8-19-11-13)14(10-17)12-3-4-15-16(9-12)21-7-2-6-20-15/h3-4,9,13-14H,2,5-8,10-11,17H2,1H3. The number of nitrogens with zero attached hydrogens (tertiary/aromatic N) is 1. The summed E-state index contributed by atoms with van der Waals surface area (Å²) in [6.45, 7) is 3.62. The predicted octanol–water partition coefficient (Wildman–Crippen LogP) is 1.57. The number of ether oxygens (including phenoxy) is 3. The van der Waals surface area contributed by atoms with E-state index in [9.17, 15) is 0 Å². The van der Waals surface area contributed by atoms with Gasteiger partial charge < -0.3 is 19.9 Å². The van der Waals surface area contributed by atoms with Crippen LogP contribution in [0.5, 0.6) is 11.5 Å². The lowest BCUT2D eigenvalue weighted by atomic mass is 10.0. The molecule has 0 aromatic heterocycles. The monoisotopic (exact) mass is 292 g/mol. The molecule has 1 fully saturated rings. The molecule has 116 valence electrons. The van der Waals surface area contributed by atoms with Crippen LogP contribution in [0.3, 0.4) is 0 Å². The summed E-state index contributed by atoms with van der Waals surface area (Å²) in [5.74, 6) is 1.67. The molecule has 0 radical (unpaired) electrons. The molecule has 0 bridgehead atoms. The molecular weight excluding hydrogens is 268 g/mol. The number of likely N-dealkylation sites (N-methyl/N-ethyl adjacent to an activating group) is 1. The molecule has 2 unspecified atom stereocenters. The zero-order valence-corrected chi connectivity index (χ0v) is 12.6. The molecule has 2 N–H and O–H groups in total. The van der Waals surface area contributed by atoms with Crippen molar-refractivity contribution in [2.45, 2.75) is 24.9 Å². The Morgan fingerprint density at radius 2 is 2.05 bits per heavy atom. The lowest BCUT2D eigenvalue weighted by molar-refractivity contribution is 0.134. The molecular formula is C16H24N2O3. The minimum absolute atomic E-state index is 0.175. The average Bonchev–Trinajstić information content (AvgIpc) is 2.94. The maximum atomic E-state index is 6.03. The molecule has 1 saturated heterocycles. The van der Waals surface area contributed by atoms with E-state index in [1.807, 2.05) is 6.07 Å². The Kier molecular flexibility index (Phi) is 4.63. The number of hydrogen-bond donors (Lipinski definition) is 1. The highest BCUT2D eigenvalue weighted by atomic mass is 16.5. The topological polar surface area (TPSA) is 57.0 Å². The fourth-order valence-corrected chi connectivity index (χ4v) is 3.02. The predicted molar refractivity (Wildman–Crippen MR) is 80.8 cm³/mol. The Bertz CT molecular complexity index is 475. The maximum Gasteiger partial charge on any atom is 0.161 e. The summed E-state index contributed by atoms with van der Waals surface area (Å²) in [6, 6.07) is 6.78. The van der Waals surface area contributed by atoms with Crippen LogP contribution in [-0.2, 0) is 4.74 Å². The highest BCUT2D eigenvalue weighted by Gasteiger charge is 2.27. The van der Waals surface area contributed by atoms with E-state index >= 15 is 0 Å². The number of fused-ring (bicyclic) bond motifs is 1. The number of hydrogen-bond acceptors (Lipinski definition) is 5. The van der Waals surface area contributed by atoms with Crippen molar-refractivity contribution in [1.82, 2.24) is 4.90 Å². The van der Waals surface area contributed by atoms with E-state index < -0.39 is 0 Å². The molecule has 1 aromatic carbocycles. The molecule has 2 heterocycles. The van der Waals surface area contributed by atoms with E-state index in [2.05, 4.69) is 24.1 Å². The van der Waals surface area contributed by atoms with Crippen molar-refractivity contribution in [2.75, 3.05) is 40.0 Å². The number of nitrogens with two attached hydrogens (primary N) is 1. The molecule has 1 aromatic rings. The van der Waals surface area contributed by atoms with Gasteiger partial charge in [-0.1, -0.05) is 6.07 Å². The van der Waals surface area contributed by atoms with Gasteiger partial charge in [-0.15, -0.1) is 0 Å². The fraction of sp³-hybridized carbons (Fsp3) is 0.625. The van der Waals surface area contributed by atoms with Gasteiger partial charge in [-0.25, -0.2) is 0 Å². The van der Waals surface area contributed by atoms with Crippen molar-refractivity contribution >= 4 is 0 Å². The first-order valence-corrected chi connectivity index (χ1v) is 7.69. The molecule has 2 atom stereocenters. The van der Waals surface area contributed by atoms with Gasteiger partial charge in [-0.3, -0.25) is 4.90 Å². The number of benzene rings is 1. The minimum Gasteiger partial charge on any atom is -0.490 e.